The van der Waals surface area contributed by atoms with E-state index in [9.17, 15) is 0 Å². The molecule has 0 spiro atoms. The van der Waals surface area contributed by atoms with Crippen molar-refractivity contribution in [3.05, 3.63) is 34.9 Å². The molecule has 0 unspecified atom stereocenters. The molecule has 0 bridgehead atoms. The number of ether oxygens (including phenoxy) is 1. The van der Waals surface area contributed by atoms with Crippen molar-refractivity contribution in [2.75, 3.05) is 32.1 Å². The van der Waals surface area contributed by atoms with E-state index in [4.69, 9.17) is 16.3 Å². The molecule has 0 amide bonds. The molecule has 0 aliphatic carbocycles. The lowest BCUT2D eigenvalue weighted by Gasteiger charge is -2.06. The molecule has 1 rings (SSSR count). The van der Waals surface area contributed by atoms with Gasteiger partial charge in [-0.2, -0.15) is 11.8 Å². The first kappa shape index (κ1) is 16.8. The highest BCUT2D eigenvalue weighted by molar-refractivity contribution is 7.98. The van der Waals surface area contributed by atoms with Crippen molar-refractivity contribution < 1.29 is 4.74 Å². The molecule has 0 saturated carbocycles. The van der Waals surface area contributed by atoms with E-state index in [1.54, 1.807) is 0 Å². The van der Waals surface area contributed by atoms with Gasteiger partial charge in [-0.3, -0.25) is 0 Å². The van der Waals surface area contributed by atoms with Gasteiger partial charge in [0.05, 0.1) is 6.61 Å². The van der Waals surface area contributed by atoms with Gasteiger partial charge in [0.25, 0.3) is 0 Å². The van der Waals surface area contributed by atoms with Crippen LogP contribution in [0.25, 0.3) is 0 Å². The predicted octanol–water partition coefficient (Wildman–Crippen LogP) is 3.98. The molecule has 0 heterocycles. The normalized spacial score (nSPS) is 10.8. The molecule has 0 aliphatic rings. The van der Waals surface area contributed by atoms with E-state index < -0.39 is 0 Å². The first-order chi connectivity index (χ1) is 9.34. The molecular weight excluding hydrogens is 278 g/mol. The maximum Gasteiger partial charge on any atom is 0.0590 e. The van der Waals surface area contributed by atoms with Crippen LogP contribution >= 0.6 is 23.4 Å². The van der Waals surface area contributed by atoms with Gasteiger partial charge < -0.3 is 10.1 Å². The molecule has 1 aromatic rings. The van der Waals surface area contributed by atoms with Crippen molar-refractivity contribution in [2.24, 2.45) is 0 Å². The third kappa shape index (κ3) is 8.53. The Morgan fingerprint density at radius 3 is 2.84 bits per heavy atom. The lowest BCUT2D eigenvalue weighted by atomic mass is 10.2. The maximum atomic E-state index is 6.10. The van der Waals surface area contributed by atoms with E-state index in [-0.39, 0.29) is 0 Å². The van der Waals surface area contributed by atoms with Crippen molar-refractivity contribution >= 4 is 23.4 Å². The van der Waals surface area contributed by atoms with Crippen LogP contribution < -0.4 is 5.32 Å². The van der Waals surface area contributed by atoms with Gasteiger partial charge in [0.1, 0.15) is 0 Å². The summed E-state index contributed by atoms with van der Waals surface area (Å²) < 4.78 is 5.48. The third-order valence-electron chi connectivity index (χ3n) is 2.70. The summed E-state index contributed by atoms with van der Waals surface area (Å²) in [7, 11) is 0. The standard InChI is InChI=1S/C15H24ClNOS/c1-2-3-10-18-11-8-17-9-12-19-13-14-6-4-5-7-15(14)16/h4-7,17H,2-3,8-13H2,1H3. The molecule has 0 aliphatic heterocycles. The van der Waals surface area contributed by atoms with Crippen molar-refractivity contribution in [2.45, 2.75) is 25.5 Å². The minimum Gasteiger partial charge on any atom is -0.380 e. The molecule has 0 radical (unpaired) electrons. The summed E-state index contributed by atoms with van der Waals surface area (Å²) in [6.45, 7) is 5.84. The lowest BCUT2D eigenvalue weighted by Crippen LogP contribution is -2.22. The Bertz CT molecular complexity index is 336. The number of hydrogen-bond acceptors (Lipinski definition) is 3. The van der Waals surface area contributed by atoms with Crippen molar-refractivity contribution in [1.82, 2.24) is 5.32 Å². The highest BCUT2D eigenvalue weighted by Crippen LogP contribution is 2.20. The lowest BCUT2D eigenvalue weighted by molar-refractivity contribution is 0.133. The maximum absolute atomic E-state index is 6.10. The van der Waals surface area contributed by atoms with Gasteiger partial charge in [0.15, 0.2) is 0 Å². The van der Waals surface area contributed by atoms with Crippen LogP contribution in [0.5, 0.6) is 0 Å². The number of benzene rings is 1. The molecule has 0 saturated heterocycles. The fourth-order valence-corrected chi connectivity index (χ4v) is 2.75. The zero-order valence-electron chi connectivity index (χ0n) is 11.7. The molecular formula is C15H24ClNOS. The molecule has 108 valence electrons. The minimum atomic E-state index is 0.815. The molecule has 0 atom stereocenters. The second kappa shape index (κ2) is 11.6. The summed E-state index contributed by atoms with van der Waals surface area (Å²) in [6.07, 6.45) is 2.36. The molecule has 0 fully saturated rings. The Morgan fingerprint density at radius 2 is 2.05 bits per heavy atom. The predicted molar refractivity (Wildman–Crippen MR) is 86.2 cm³/mol. The molecule has 1 N–H and O–H groups in total. The largest absolute Gasteiger partial charge is 0.380 e. The number of halogens is 1. The summed E-state index contributed by atoms with van der Waals surface area (Å²) in [4.78, 5) is 0. The summed E-state index contributed by atoms with van der Waals surface area (Å²) in [5, 5.41) is 4.25. The van der Waals surface area contributed by atoms with E-state index in [1.165, 1.54) is 12.0 Å². The first-order valence-corrected chi connectivity index (χ1v) is 8.47. The minimum absolute atomic E-state index is 0.815. The summed E-state index contributed by atoms with van der Waals surface area (Å²) >= 11 is 8.01. The second-order valence-corrected chi connectivity index (χ2v) is 5.87. The smallest absolute Gasteiger partial charge is 0.0590 e. The molecule has 4 heteroatoms. The number of unbranched alkanes of at least 4 members (excludes halogenated alkanes) is 1. The number of rotatable bonds is 11. The Kier molecular flexibility index (Phi) is 10.3. The highest BCUT2D eigenvalue weighted by Gasteiger charge is 1.98. The number of nitrogens with one attached hydrogen (secondary N) is 1. The van der Waals surface area contributed by atoms with Crippen molar-refractivity contribution in [1.29, 1.82) is 0 Å². The van der Waals surface area contributed by atoms with Crippen LogP contribution in [0, 0.1) is 0 Å². The SMILES string of the molecule is CCCCOCCNCCSCc1ccccc1Cl. The molecule has 19 heavy (non-hydrogen) atoms. The van der Waals surface area contributed by atoms with E-state index in [1.807, 2.05) is 30.0 Å². The Hall–Kier alpha value is -0.220. The van der Waals surface area contributed by atoms with Crippen LogP contribution in [0.4, 0.5) is 0 Å². The monoisotopic (exact) mass is 301 g/mol. The van der Waals surface area contributed by atoms with E-state index in [0.717, 1.165) is 49.3 Å². The fraction of sp³-hybridized carbons (Fsp3) is 0.600. The average molecular weight is 302 g/mol. The zero-order chi connectivity index (χ0) is 13.8. The Balaban J connectivity index is 1.90. The van der Waals surface area contributed by atoms with Gasteiger partial charge in [-0.25, -0.2) is 0 Å². The van der Waals surface area contributed by atoms with Crippen LogP contribution in [-0.2, 0) is 10.5 Å². The summed E-state index contributed by atoms with van der Waals surface area (Å²) in [6, 6.07) is 8.04. The van der Waals surface area contributed by atoms with Crippen LogP contribution in [0.3, 0.4) is 0 Å². The fourth-order valence-electron chi connectivity index (χ4n) is 1.56. The highest BCUT2D eigenvalue weighted by atomic mass is 35.5. The quantitative estimate of drug-likeness (QED) is 0.625. The topological polar surface area (TPSA) is 21.3 Å². The first-order valence-electron chi connectivity index (χ1n) is 6.94. The average Bonchev–Trinajstić information content (AvgIpc) is 2.43. The number of thioether (sulfide) groups is 1. The summed E-state index contributed by atoms with van der Waals surface area (Å²) in [5.41, 5.74) is 1.22. The van der Waals surface area contributed by atoms with E-state index >= 15 is 0 Å². The Morgan fingerprint density at radius 1 is 1.21 bits per heavy atom. The molecule has 1 aromatic carbocycles. The number of hydrogen-bond donors (Lipinski definition) is 1. The van der Waals surface area contributed by atoms with Crippen LogP contribution in [0.2, 0.25) is 5.02 Å². The van der Waals surface area contributed by atoms with Gasteiger partial charge in [-0.05, 0) is 18.1 Å². The van der Waals surface area contributed by atoms with Crippen molar-refractivity contribution in [3.8, 4) is 0 Å². The van der Waals surface area contributed by atoms with E-state index in [2.05, 4.69) is 18.3 Å². The molecule has 0 aromatic heterocycles. The Labute approximate surface area is 126 Å². The van der Waals surface area contributed by atoms with Gasteiger partial charge in [-0.1, -0.05) is 43.1 Å². The van der Waals surface area contributed by atoms with Gasteiger partial charge in [0, 0.05) is 36.2 Å². The van der Waals surface area contributed by atoms with Crippen LogP contribution in [0.15, 0.2) is 24.3 Å². The molecule has 2 nitrogen and oxygen atoms in total. The second-order valence-electron chi connectivity index (χ2n) is 4.36. The van der Waals surface area contributed by atoms with Crippen LogP contribution in [-0.4, -0.2) is 32.1 Å². The van der Waals surface area contributed by atoms with Gasteiger partial charge in [0.2, 0.25) is 0 Å². The van der Waals surface area contributed by atoms with Crippen LogP contribution in [0.1, 0.15) is 25.3 Å². The van der Waals surface area contributed by atoms with Crippen molar-refractivity contribution in [3.63, 3.8) is 0 Å². The third-order valence-corrected chi connectivity index (χ3v) is 4.08. The van der Waals surface area contributed by atoms with Gasteiger partial charge >= 0.3 is 0 Å². The zero-order valence-corrected chi connectivity index (χ0v) is 13.2. The van der Waals surface area contributed by atoms with E-state index in [0.29, 0.717) is 0 Å². The van der Waals surface area contributed by atoms with Gasteiger partial charge in [-0.15, -0.1) is 0 Å². The summed E-state index contributed by atoms with van der Waals surface area (Å²) in [5.74, 6) is 2.08.